The molecule has 1 nitrogen and oxygen atoms in total. The highest BCUT2D eigenvalue weighted by Crippen LogP contribution is 2.31. The minimum absolute atomic E-state index is 0.973. The highest BCUT2D eigenvalue weighted by Gasteiger charge is 2.18. The Balaban J connectivity index is 1.95. The van der Waals surface area contributed by atoms with Gasteiger partial charge >= 0.3 is 0 Å². The van der Waals surface area contributed by atoms with Crippen molar-refractivity contribution in [3.05, 3.63) is 0 Å². The van der Waals surface area contributed by atoms with Gasteiger partial charge in [0.05, 0.1) is 0 Å². The molecule has 1 fully saturated rings. The van der Waals surface area contributed by atoms with E-state index in [0.29, 0.717) is 0 Å². The molecule has 84 valence electrons. The molecule has 2 heteroatoms. The van der Waals surface area contributed by atoms with Crippen LogP contribution in [0.1, 0.15) is 46.0 Å². The maximum atomic E-state index is 3.38. The summed E-state index contributed by atoms with van der Waals surface area (Å²) >= 11 is 2.21. The summed E-state index contributed by atoms with van der Waals surface area (Å²) < 4.78 is 0. The summed E-state index contributed by atoms with van der Waals surface area (Å²) in [5.41, 5.74) is 0. The number of thioether (sulfide) groups is 1. The number of hydrogen-bond acceptors (Lipinski definition) is 2. The number of hydrogen-bond donors (Lipinski definition) is 1. The van der Waals surface area contributed by atoms with E-state index in [4.69, 9.17) is 0 Å². The summed E-state index contributed by atoms with van der Waals surface area (Å²) in [7, 11) is 0. The highest BCUT2D eigenvalue weighted by molar-refractivity contribution is 7.99. The van der Waals surface area contributed by atoms with Crippen LogP contribution in [-0.4, -0.2) is 24.1 Å². The van der Waals surface area contributed by atoms with E-state index < -0.39 is 0 Å². The molecule has 1 saturated carbocycles. The molecular formula is C12H25NS. The molecule has 14 heavy (non-hydrogen) atoms. The van der Waals surface area contributed by atoms with E-state index in [1.165, 1.54) is 44.4 Å². The second kappa shape index (κ2) is 7.58. The topological polar surface area (TPSA) is 12.0 Å². The molecule has 0 bridgehead atoms. The molecular weight excluding hydrogens is 190 g/mol. The van der Waals surface area contributed by atoms with Crippen LogP contribution < -0.4 is 5.32 Å². The lowest BCUT2D eigenvalue weighted by atomic mass is 9.91. The molecule has 0 aliphatic heterocycles. The average molecular weight is 215 g/mol. The van der Waals surface area contributed by atoms with E-state index in [1.807, 2.05) is 0 Å². The maximum Gasteiger partial charge on any atom is 0.00495 e. The van der Waals surface area contributed by atoms with E-state index in [1.54, 1.807) is 0 Å². The van der Waals surface area contributed by atoms with Gasteiger partial charge in [-0.2, -0.15) is 11.8 Å². The van der Waals surface area contributed by atoms with Gasteiger partial charge in [0.25, 0.3) is 0 Å². The maximum absolute atomic E-state index is 3.38. The Morgan fingerprint density at radius 1 is 1.36 bits per heavy atom. The molecule has 0 heterocycles. The minimum Gasteiger partial charge on any atom is -0.317 e. The zero-order chi connectivity index (χ0) is 10.2. The van der Waals surface area contributed by atoms with Crippen molar-refractivity contribution in [1.82, 2.24) is 5.32 Å². The van der Waals surface area contributed by atoms with Crippen LogP contribution in [0.25, 0.3) is 0 Å². The van der Waals surface area contributed by atoms with Crippen LogP contribution in [0.3, 0.4) is 0 Å². The normalized spacial score (nSPS) is 27.9. The van der Waals surface area contributed by atoms with Crippen molar-refractivity contribution in [1.29, 1.82) is 0 Å². The van der Waals surface area contributed by atoms with Gasteiger partial charge in [-0.3, -0.25) is 0 Å². The molecule has 0 aromatic rings. The summed E-state index contributed by atoms with van der Waals surface area (Å²) in [5, 5.41) is 4.35. The second-order valence-corrected chi connectivity index (χ2v) is 5.88. The van der Waals surface area contributed by atoms with Crippen LogP contribution in [-0.2, 0) is 0 Å². The van der Waals surface area contributed by atoms with E-state index >= 15 is 0 Å². The molecule has 0 amide bonds. The minimum atomic E-state index is 0.973. The van der Waals surface area contributed by atoms with Crippen molar-refractivity contribution in [2.24, 2.45) is 5.92 Å². The van der Waals surface area contributed by atoms with Crippen molar-refractivity contribution >= 4 is 11.8 Å². The van der Waals surface area contributed by atoms with Gasteiger partial charge in [0.2, 0.25) is 0 Å². The SMILES string of the molecule is CCNCCCSC1CCCC(C)C1. The van der Waals surface area contributed by atoms with Gasteiger partial charge in [0, 0.05) is 5.25 Å². The summed E-state index contributed by atoms with van der Waals surface area (Å²) in [4.78, 5) is 0. The first-order valence-corrected chi connectivity index (χ1v) is 7.20. The van der Waals surface area contributed by atoms with Gasteiger partial charge in [0.1, 0.15) is 0 Å². The first-order valence-electron chi connectivity index (χ1n) is 6.15. The monoisotopic (exact) mass is 215 g/mol. The zero-order valence-corrected chi connectivity index (χ0v) is 10.5. The lowest BCUT2D eigenvalue weighted by Gasteiger charge is -2.26. The third kappa shape index (κ3) is 5.26. The summed E-state index contributed by atoms with van der Waals surface area (Å²) in [6.07, 6.45) is 7.20. The van der Waals surface area contributed by atoms with E-state index in [0.717, 1.165) is 17.7 Å². The lowest BCUT2D eigenvalue weighted by molar-refractivity contribution is 0.394. The number of rotatable bonds is 6. The van der Waals surface area contributed by atoms with Gasteiger partial charge in [-0.05, 0) is 44.0 Å². The molecule has 2 atom stereocenters. The summed E-state index contributed by atoms with van der Waals surface area (Å²) in [5.74, 6) is 2.33. The fourth-order valence-electron chi connectivity index (χ4n) is 2.15. The Morgan fingerprint density at radius 3 is 2.93 bits per heavy atom. The first kappa shape index (κ1) is 12.4. The van der Waals surface area contributed by atoms with E-state index in [-0.39, 0.29) is 0 Å². The zero-order valence-electron chi connectivity index (χ0n) is 9.72. The van der Waals surface area contributed by atoms with E-state index in [2.05, 4.69) is 30.9 Å². The Morgan fingerprint density at radius 2 is 2.21 bits per heavy atom. The fraction of sp³-hybridized carbons (Fsp3) is 1.00. The molecule has 0 aromatic carbocycles. The first-order chi connectivity index (χ1) is 6.83. The molecule has 1 aliphatic rings. The second-order valence-electron chi connectivity index (χ2n) is 4.47. The van der Waals surface area contributed by atoms with Crippen LogP contribution in [0.5, 0.6) is 0 Å². The average Bonchev–Trinajstić information content (AvgIpc) is 2.18. The van der Waals surface area contributed by atoms with Crippen molar-refractivity contribution in [2.75, 3.05) is 18.8 Å². The van der Waals surface area contributed by atoms with Crippen LogP contribution in [0, 0.1) is 5.92 Å². The Hall–Kier alpha value is 0.310. The molecule has 0 spiro atoms. The van der Waals surface area contributed by atoms with E-state index in [9.17, 15) is 0 Å². The standard InChI is InChI=1S/C12H25NS/c1-3-13-8-5-9-14-12-7-4-6-11(2)10-12/h11-13H,3-10H2,1-2H3. The van der Waals surface area contributed by atoms with Crippen molar-refractivity contribution < 1.29 is 0 Å². The van der Waals surface area contributed by atoms with Crippen molar-refractivity contribution in [2.45, 2.75) is 51.2 Å². The third-order valence-corrected chi connectivity index (χ3v) is 4.41. The predicted molar refractivity (Wildman–Crippen MR) is 67.0 cm³/mol. The van der Waals surface area contributed by atoms with Gasteiger partial charge in [-0.1, -0.05) is 26.7 Å². The van der Waals surface area contributed by atoms with Crippen LogP contribution in [0.15, 0.2) is 0 Å². The van der Waals surface area contributed by atoms with Gasteiger partial charge in [0.15, 0.2) is 0 Å². The van der Waals surface area contributed by atoms with Gasteiger partial charge < -0.3 is 5.32 Å². The van der Waals surface area contributed by atoms with Gasteiger partial charge in [-0.25, -0.2) is 0 Å². The number of nitrogens with one attached hydrogen (secondary N) is 1. The Kier molecular flexibility index (Phi) is 6.70. The fourth-order valence-corrected chi connectivity index (χ4v) is 3.60. The smallest absolute Gasteiger partial charge is 0.00495 e. The molecule has 0 radical (unpaired) electrons. The quantitative estimate of drug-likeness (QED) is 0.682. The highest BCUT2D eigenvalue weighted by atomic mass is 32.2. The molecule has 1 N–H and O–H groups in total. The van der Waals surface area contributed by atoms with Gasteiger partial charge in [-0.15, -0.1) is 0 Å². The summed E-state index contributed by atoms with van der Waals surface area (Å²) in [6.45, 7) is 6.90. The van der Waals surface area contributed by atoms with Crippen LogP contribution in [0.4, 0.5) is 0 Å². The third-order valence-electron chi connectivity index (χ3n) is 2.99. The molecule has 0 saturated heterocycles. The largest absolute Gasteiger partial charge is 0.317 e. The molecule has 0 aromatic heterocycles. The molecule has 1 rings (SSSR count). The molecule has 2 unspecified atom stereocenters. The van der Waals surface area contributed by atoms with Crippen molar-refractivity contribution in [3.8, 4) is 0 Å². The van der Waals surface area contributed by atoms with Crippen LogP contribution >= 0.6 is 11.8 Å². The lowest BCUT2D eigenvalue weighted by Crippen LogP contribution is -2.17. The Labute approximate surface area is 93.4 Å². The van der Waals surface area contributed by atoms with Crippen molar-refractivity contribution in [3.63, 3.8) is 0 Å². The summed E-state index contributed by atoms with van der Waals surface area (Å²) in [6, 6.07) is 0. The molecule has 1 aliphatic carbocycles. The predicted octanol–water partition coefficient (Wildman–Crippen LogP) is 3.30. The Bertz CT molecular complexity index is 138. The van der Waals surface area contributed by atoms with Crippen LogP contribution in [0.2, 0.25) is 0 Å².